The van der Waals surface area contributed by atoms with Crippen molar-refractivity contribution >= 4 is 17.6 Å². The summed E-state index contributed by atoms with van der Waals surface area (Å²) in [6.45, 7) is 2.24. The molecule has 5 nitrogen and oxygen atoms in total. The summed E-state index contributed by atoms with van der Waals surface area (Å²) in [5, 5.41) is 9.10. The van der Waals surface area contributed by atoms with Gasteiger partial charge < -0.3 is 14.9 Å². The fourth-order valence-corrected chi connectivity index (χ4v) is 4.14. The minimum atomic E-state index is -0.916. The van der Waals surface area contributed by atoms with Gasteiger partial charge in [-0.15, -0.1) is 0 Å². The third-order valence-electron chi connectivity index (χ3n) is 5.86. The highest BCUT2D eigenvalue weighted by atomic mass is 16.4. The van der Waals surface area contributed by atoms with Gasteiger partial charge in [0.25, 0.3) is 5.91 Å². The van der Waals surface area contributed by atoms with Crippen molar-refractivity contribution in [3.63, 3.8) is 0 Å². The molecule has 1 fully saturated rings. The number of carbonyl (C=O) groups excluding carboxylic acids is 1. The fourth-order valence-electron chi connectivity index (χ4n) is 4.14. The maximum atomic E-state index is 13.4. The van der Waals surface area contributed by atoms with Crippen molar-refractivity contribution in [1.29, 1.82) is 0 Å². The summed E-state index contributed by atoms with van der Waals surface area (Å²) in [6.07, 6.45) is 1.73. The molecule has 0 aromatic heterocycles. The van der Waals surface area contributed by atoms with Crippen molar-refractivity contribution in [3.8, 4) is 0 Å². The first-order valence-electron chi connectivity index (χ1n) is 10.6. The fraction of sp³-hybridized carbons (Fsp3) is 0.231. The van der Waals surface area contributed by atoms with E-state index in [1.54, 1.807) is 12.1 Å². The zero-order valence-electron chi connectivity index (χ0n) is 17.4. The first-order chi connectivity index (χ1) is 15.1. The summed E-state index contributed by atoms with van der Waals surface area (Å²) in [6, 6.07) is 26.8. The summed E-state index contributed by atoms with van der Waals surface area (Å²) in [5.74, 6) is -0.852. The number of piperidine rings is 1. The molecular formula is C26H26N2O3. The lowest BCUT2D eigenvalue weighted by molar-refractivity contribution is 0.0630. The summed E-state index contributed by atoms with van der Waals surface area (Å²) < 4.78 is 0. The van der Waals surface area contributed by atoms with E-state index in [4.69, 9.17) is 5.11 Å². The lowest BCUT2D eigenvalue weighted by Gasteiger charge is -2.39. The van der Waals surface area contributed by atoms with Gasteiger partial charge in [-0.3, -0.25) is 4.79 Å². The number of benzene rings is 3. The van der Waals surface area contributed by atoms with Crippen LogP contribution in [0.2, 0.25) is 0 Å². The Labute approximate surface area is 182 Å². The third-order valence-corrected chi connectivity index (χ3v) is 5.86. The second kappa shape index (κ2) is 9.47. The molecule has 1 heterocycles. The van der Waals surface area contributed by atoms with Crippen molar-refractivity contribution < 1.29 is 14.7 Å². The van der Waals surface area contributed by atoms with E-state index in [0.717, 1.165) is 37.2 Å². The molecule has 0 saturated carbocycles. The number of rotatable bonds is 6. The number of carbonyl (C=O) groups is 2. The summed E-state index contributed by atoms with van der Waals surface area (Å²) in [5.41, 5.74) is 3.15. The molecule has 3 aromatic carbocycles. The smallest absolute Gasteiger partial charge is 0.335 e. The molecule has 0 aliphatic carbocycles. The molecule has 0 atom stereocenters. The molecule has 1 N–H and O–H groups in total. The van der Waals surface area contributed by atoms with Gasteiger partial charge in [-0.2, -0.15) is 0 Å². The van der Waals surface area contributed by atoms with E-state index in [-0.39, 0.29) is 11.9 Å². The maximum absolute atomic E-state index is 13.4. The van der Waals surface area contributed by atoms with Crippen LogP contribution in [0.3, 0.4) is 0 Å². The zero-order valence-corrected chi connectivity index (χ0v) is 17.4. The molecular weight excluding hydrogens is 388 g/mol. The number of hydrogen-bond donors (Lipinski definition) is 1. The second-order valence-corrected chi connectivity index (χ2v) is 7.85. The minimum absolute atomic E-state index is 0.0636. The molecule has 31 heavy (non-hydrogen) atoms. The average molecular weight is 415 g/mol. The van der Waals surface area contributed by atoms with E-state index >= 15 is 0 Å². The van der Waals surface area contributed by atoms with E-state index in [2.05, 4.69) is 17.0 Å². The molecule has 1 aliphatic rings. The van der Waals surface area contributed by atoms with Crippen molar-refractivity contribution in [2.45, 2.75) is 25.4 Å². The predicted molar refractivity (Wildman–Crippen MR) is 121 cm³/mol. The zero-order chi connectivity index (χ0) is 21.6. The Morgan fingerprint density at radius 3 is 1.97 bits per heavy atom. The van der Waals surface area contributed by atoms with E-state index in [1.165, 1.54) is 0 Å². The Morgan fingerprint density at radius 2 is 1.39 bits per heavy atom. The molecule has 0 radical (unpaired) electrons. The van der Waals surface area contributed by atoms with Crippen LogP contribution < -0.4 is 4.90 Å². The largest absolute Gasteiger partial charge is 0.478 e. The Balaban J connectivity index is 1.48. The molecule has 1 saturated heterocycles. The number of anilines is 1. The average Bonchev–Trinajstić information content (AvgIpc) is 2.83. The normalized spacial score (nSPS) is 14.3. The van der Waals surface area contributed by atoms with Gasteiger partial charge in [0.05, 0.1) is 5.56 Å². The number of carboxylic acids is 1. The predicted octanol–water partition coefficient (Wildman–Crippen LogP) is 4.70. The molecule has 0 bridgehead atoms. The van der Waals surface area contributed by atoms with Crippen LogP contribution in [0.25, 0.3) is 0 Å². The molecule has 3 aromatic rings. The molecule has 0 unspecified atom stereocenters. The Morgan fingerprint density at radius 1 is 0.806 bits per heavy atom. The van der Waals surface area contributed by atoms with Crippen LogP contribution >= 0.6 is 0 Å². The van der Waals surface area contributed by atoms with Crippen LogP contribution in [0, 0.1) is 0 Å². The highest BCUT2D eigenvalue weighted by Crippen LogP contribution is 2.25. The number of carboxylic acid groups (broad SMARTS) is 1. The third kappa shape index (κ3) is 4.94. The van der Waals surface area contributed by atoms with E-state index < -0.39 is 5.97 Å². The molecule has 1 aliphatic heterocycles. The monoisotopic (exact) mass is 414 g/mol. The maximum Gasteiger partial charge on any atom is 0.335 e. The number of nitrogens with zero attached hydrogens (tertiary/aromatic N) is 2. The van der Waals surface area contributed by atoms with E-state index in [1.807, 2.05) is 65.6 Å². The number of hydrogen-bond acceptors (Lipinski definition) is 3. The van der Waals surface area contributed by atoms with Crippen LogP contribution in [0.1, 0.15) is 39.1 Å². The summed E-state index contributed by atoms with van der Waals surface area (Å²) >= 11 is 0. The van der Waals surface area contributed by atoms with Crippen molar-refractivity contribution in [3.05, 3.63) is 102 Å². The molecule has 4 rings (SSSR count). The quantitative estimate of drug-likeness (QED) is 0.635. The van der Waals surface area contributed by atoms with Crippen LogP contribution in [0.4, 0.5) is 5.69 Å². The van der Waals surface area contributed by atoms with Crippen molar-refractivity contribution in [1.82, 2.24) is 4.90 Å². The number of amides is 1. The summed E-state index contributed by atoms with van der Waals surface area (Å²) in [4.78, 5) is 28.7. The molecule has 0 spiro atoms. The Kier molecular flexibility index (Phi) is 6.32. The van der Waals surface area contributed by atoms with Gasteiger partial charge in [-0.25, -0.2) is 4.79 Å². The van der Waals surface area contributed by atoms with Crippen LogP contribution in [-0.4, -0.2) is 41.0 Å². The summed E-state index contributed by atoms with van der Waals surface area (Å²) in [7, 11) is 0. The first kappa shape index (κ1) is 20.7. The van der Waals surface area contributed by atoms with Gasteiger partial charge in [-0.1, -0.05) is 48.5 Å². The highest BCUT2D eigenvalue weighted by molar-refractivity contribution is 5.94. The SMILES string of the molecule is O=C(O)c1ccc(N2CCC(N(Cc3ccccc3)C(=O)c3ccccc3)CC2)cc1. The van der Waals surface area contributed by atoms with E-state index in [9.17, 15) is 9.59 Å². The van der Waals surface area contributed by atoms with Gasteiger partial charge in [0, 0.05) is 36.9 Å². The Hall–Kier alpha value is -3.60. The topological polar surface area (TPSA) is 60.9 Å². The van der Waals surface area contributed by atoms with Gasteiger partial charge in [0.15, 0.2) is 0 Å². The Bertz CT molecular complexity index is 1010. The van der Waals surface area contributed by atoms with Gasteiger partial charge >= 0.3 is 5.97 Å². The first-order valence-corrected chi connectivity index (χ1v) is 10.6. The van der Waals surface area contributed by atoms with Gasteiger partial charge in [0.2, 0.25) is 0 Å². The lowest BCUT2D eigenvalue weighted by Crippen LogP contribution is -2.47. The van der Waals surface area contributed by atoms with Gasteiger partial charge in [0.1, 0.15) is 0 Å². The van der Waals surface area contributed by atoms with Crippen molar-refractivity contribution in [2.24, 2.45) is 0 Å². The standard InChI is InChI=1S/C26H26N2O3/c29-25(21-9-5-2-6-10-21)28(19-20-7-3-1-4-8-20)24-15-17-27(18-16-24)23-13-11-22(12-14-23)26(30)31/h1-14,24H,15-19H2,(H,30,31). The van der Waals surface area contributed by atoms with Crippen LogP contribution in [0.15, 0.2) is 84.9 Å². The molecule has 5 heteroatoms. The van der Waals surface area contributed by atoms with E-state index in [0.29, 0.717) is 17.7 Å². The van der Waals surface area contributed by atoms with Crippen LogP contribution in [-0.2, 0) is 6.54 Å². The molecule has 158 valence electrons. The number of aromatic carboxylic acids is 1. The van der Waals surface area contributed by atoms with Gasteiger partial charge in [-0.05, 0) is 54.8 Å². The second-order valence-electron chi connectivity index (χ2n) is 7.85. The van der Waals surface area contributed by atoms with Crippen LogP contribution in [0.5, 0.6) is 0 Å². The highest BCUT2D eigenvalue weighted by Gasteiger charge is 2.29. The lowest BCUT2D eigenvalue weighted by atomic mass is 10.00. The minimum Gasteiger partial charge on any atom is -0.478 e. The van der Waals surface area contributed by atoms with Crippen molar-refractivity contribution in [2.75, 3.05) is 18.0 Å². The molecule has 1 amide bonds.